The summed E-state index contributed by atoms with van der Waals surface area (Å²) >= 11 is 5.82. The fraction of sp³-hybridized carbons (Fsp3) is 0.222. The van der Waals surface area contributed by atoms with Crippen LogP contribution >= 0.6 is 11.6 Å². The molecule has 3 rings (SSSR count). The maximum absolute atomic E-state index is 12.5. The molecule has 1 aliphatic heterocycles. The van der Waals surface area contributed by atoms with Gasteiger partial charge in [0.15, 0.2) is 0 Å². The Hall–Kier alpha value is -3.13. The van der Waals surface area contributed by atoms with Crippen molar-refractivity contribution in [3.8, 4) is 5.75 Å². The van der Waals surface area contributed by atoms with Crippen molar-refractivity contribution in [3.63, 3.8) is 0 Å². The van der Waals surface area contributed by atoms with Crippen LogP contribution in [0.15, 0.2) is 42.5 Å². The molecule has 0 aromatic heterocycles. The molecular formula is C18H16ClN3O5. The van der Waals surface area contributed by atoms with Gasteiger partial charge in [-0.2, -0.15) is 0 Å². The zero-order valence-corrected chi connectivity index (χ0v) is 15.1. The van der Waals surface area contributed by atoms with Crippen molar-refractivity contribution in [1.82, 2.24) is 0 Å². The summed E-state index contributed by atoms with van der Waals surface area (Å²) in [6.07, 6.45) is 0.0412. The maximum Gasteiger partial charge on any atom is 0.273 e. The third-order valence-corrected chi connectivity index (χ3v) is 4.52. The van der Waals surface area contributed by atoms with E-state index in [1.807, 2.05) is 0 Å². The van der Waals surface area contributed by atoms with Gasteiger partial charge >= 0.3 is 0 Å². The fourth-order valence-electron chi connectivity index (χ4n) is 2.90. The Balaban J connectivity index is 1.76. The second-order valence-corrected chi connectivity index (χ2v) is 6.45. The van der Waals surface area contributed by atoms with Gasteiger partial charge in [-0.15, -0.1) is 0 Å². The quantitative estimate of drug-likeness (QED) is 0.624. The first-order chi connectivity index (χ1) is 12.9. The zero-order chi connectivity index (χ0) is 19.6. The van der Waals surface area contributed by atoms with Gasteiger partial charge < -0.3 is 15.0 Å². The third-order valence-electron chi connectivity index (χ3n) is 4.27. The molecule has 2 aromatic rings. The van der Waals surface area contributed by atoms with Crippen LogP contribution in [0.4, 0.5) is 17.1 Å². The number of amides is 2. The molecule has 27 heavy (non-hydrogen) atoms. The minimum Gasteiger partial charge on any atom is -0.494 e. The van der Waals surface area contributed by atoms with Crippen LogP contribution in [0, 0.1) is 16.0 Å². The number of nitrogens with one attached hydrogen (secondary N) is 1. The normalized spacial score (nSPS) is 16.3. The van der Waals surface area contributed by atoms with E-state index in [1.165, 1.54) is 30.2 Å². The number of carbonyl (C=O) groups is 2. The Bertz CT molecular complexity index is 900. The number of methoxy groups -OCH3 is 1. The highest BCUT2D eigenvalue weighted by atomic mass is 35.5. The van der Waals surface area contributed by atoms with Gasteiger partial charge in [-0.1, -0.05) is 11.6 Å². The number of hydrogen-bond donors (Lipinski definition) is 1. The van der Waals surface area contributed by atoms with Gasteiger partial charge in [0, 0.05) is 29.7 Å². The first kappa shape index (κ1) is 18.7. The van der Waals surface area contributed by atoms with Crippen LogP contribution in [0.25, 0.3) is 0 Å². The average molecular weight is 390 g/mol. The Morgan fingerprint density at radius 3 is 2.63 bits per heavy atom. The number of nitro benzene ring substituents is 1. The van der Waals surface area contributed by atoms with Crippen molar-refractivity contribution in [1.29, 1.82) is 0 Å². The molecule has 1 heterocycles. The van der Waals surface area contributed by atoms with E-state index in [1.54, 1.807) is 24.3 Å². The average Bonchev–Trinajstić information content (AvgIpc) is 3.04. The number of benzene rings is 2. The van der Waals surface area contributed by atoms with E-state index in [2.05, 4.69) is 5.32 Å². The summed E-state index contributed by atoms with van der Waals surface area (Å²) in [5.41, 5.74) is 0.845. The smallest absolute Gasteiger partial charge is 0.273 e. The van der Waals surface area contributed by atoms with Gasteiger partial charge in [0.2, 0.25) is 11.8 Å². The maximum atomic E-state index is 12.5. The molecule has 0 aliphatic carbocycles. The number of carbonyl (C=O) groups excluding carboxylic acids is 2. The van der Waals surface area contributed by atoms with E-state index in [0.717, 1.165) is 0 Å². The summed E-state index contributed by atoms with van der Waals surface area (Å²) in [7, 11) is 1.37. The summed E-state index contributed by atoms with van der Waals surface area (Å²) < 4.78 is 5.19. The Kier molecular flexibility index (Phi) is 5.27. The molecule has 0 saturated carbocycles. The van der Waals surface area contributed by atoms with Crippen LogP contribution in [-0.4, -0.2) is 30.4 Å². The molecule has 1 aliphatic rings. The topological polar surface area (TPSA) is 102 Å². The number of non-ortho nitro benzene ring substituents is 1. The van der Waals surface area contributed by atoms with Crippen LogP contribution in [-0.2, 0) is 9.59 Å². The van der Waals surface area contributed by atoms with Crippen molar-refractivity contribution in [2.75, 3.05) is 23.9 Å². The number of ether oxygens (including phenoxy) is 1. The second kappa shape index (κ2) is 7.63. The first-order valence-corrected chi connectivity index (χ1v) is 8.46. The highest BCUT2D eigenvalue weighted by Crippen LogP contribution is 2.36. The molecule has 9 heteroatoms. The lowest BCUT2D eigenvalue weighted by Crippen LogP contribution is -2.28. The molecule has 0 spiro atoms. The van der Waals surface area contributed by atoms with E-state index < -0.39 is 10.8 Å². The van der Waals surface area contributed by atoms with Crippen molar-refractivity contribution in [2.45, 2.75) is 6.42 Å². The lowest BCUT2D eigenvalue weighted by Gasteiger charge is -2.19. The van der Waals surface area contributed by atoms with Crippen LogP contribution in [0.2, 0.25) is 5.02 Å². The van der Waals surface area contributed by atoms with Crippen molar-refractivity contribution < 1.29 is 19.2 Å². The molecule has 1 N–H and O–H groups in total. The van der Waals surface area contributed by atoms with Crippen LogP contribution in [0.1, 0.15) is 6.42 Å². The number of hydrogen-bond acceptors (Lipinski definition) is 5. The fourth-order valence-corrected chi connectivity index (χ4v) is 3.02. The Morgan fingerprint density at radius 2 is 2.00 bits per heavy atom. The number of nitro groups is 1. The number of nitrogens with zero attached hydrogens (tertiary/aromatic N) is 2. The Morgan fingerprint density at radius 1 is 1.30 bits per heavy atom. The van der Waals surface area contributed by atoms with Gasteiger partial charge in [0.1, 0.15) is 5.75 Å². The van der Waals surface area contributed by atoms with Crippen LogP contribution in [0.3, 0.4) is 0 Å². The van der Waals surface area contributed by atoms with Crippen LogP contribution in [0.5, 0.6) is 5.75 Å². The molecule has 2 aromatic carbocycles. The zero-order valence-electron chi connectivity index (χ0n) is 14.3. The molecule has 0 unspecified atom stereocenters. The van der Waals surface area contributed by atoms with Crippen molar-refractivity contribution in [2.24, 2.45) is 5.92 Å². The van der Waals surface area contributed by atoms with E-state index in [4.69, 9.17) is 16.3 Å². The molecule has 2 amide bonds. The second-order valence-electron chi connectivity index (χ2n) is 6.01. The molecule has 8 nitrogen and oxygen atoms in total. The minimum atomic E-state index is -0.548. The van der Waals surface area contributed by atoms with Gasteiger partial charge in [-0.25, -0.2) is 0 Å². The summed E-state index contributed by atoms with van der Waals surface area (Å²) in [4.78, 5) is 36.7. The van der Waals surface area contributed by atoms with Crippen LogP contribution < -0.4 is 15.0 Å². The van der Waals surface area contributed by atoms with Gasteiger partial charge in [-0.05, 0) is 30.3 Å². The van der Waals surface area contributed by atoms with Crippen molar-refractivity contribution >= 4 is 40.5 Å². The number of anilines is 2. The predicted octanol–water partition coefficient (Wildman–Crippen LogP) is 3.25. The molecule has 1 saturated heterocycles. The number of halogens is 1. The lowest BCUT2D eigenvalue weighted by atomic mass is 10.1. The first-order valence-electron chi connectivity index (χ1n) is 8.08. The van der Waals surface area contributed by atoms with Crippen molar-refractivity contribution in [3.05, 3.63) is 57.6 Å². The summed E-state index contributed by atoms with van der Waals surface area (Å²) in [6, 6.07) is 10.7. The Labute approximate surface area is 159 Å². The monoisotopic (exact) mass is 389 g/mol. The molecular weight excluding hydrogens is 374 g/mol. The number of rotatable bonds is 5. The third kappa shape index (κ3) is 4.01. The van der Waals surface area contributed by atoms with Gasteiger partial charge in [0.05, 0.1) is 29.7 Å². The van der Waals surface area contributed by atoms with Gasteiger partial charge in [-0.3, -0.25) is 19.7 Å². The highest BCUT2D eigenvalue weighted by Gasteiger charge is 2.36. The molecule has 1 fully saturated rings. The largest absolute Gasteiger partial charge is 0.494 e. The highest BCUT2D eigenvalue weighted by molar-refractivity contribution is 6.30. The van der Waals surface area contributed by atoms with Gasteiger partial charge in [0.25, 0.3) is 5.69 Å². The van der Waals surface area contributed by atoms with E-state index in [9.17, 15) is 19.7 Å². The molecule has 1 atom stereocenters. The minimum absolute atomic E-state index is 0.0412. The molecule has 140 valence electrons. The van der Waals surface area contributed by atoms with E-state index in [-0.39, 0.29) is 36.2 Å². The SMILES string of the molecule is COc1cc([N+](=O)[O-])ccc1N1C[C@H](C(=O)Nc2ccc(Cl)cc2)CC1=O. The summed E-state index contributed by atoms with van der Waals surface area (Å²) in [6.45, 7) is 0.159. The standard InChI is InChI=1S/C18H16ClN3O5/c1-27-16-9-14(22(25)26)6-7-15(16)21-10-11(8-17(21)23)18(24)20-13-4-2-12(19)3-5-13/h2-7,9,11H,8,10H2,1H3,(H,20,24)/t11-/m1/s1. The predicted molar refractivity (Wildman–Crippen MR) is 100 cm³/mol. The molecule has 0 radical (unpaired) electrons. The van der Waals surface area contributed by atoms with E-state index in [0.29, 0.717) is 16.4 Å². The lowest BCUT2D eigenvalue weighted by molar-refractivity contribution is -0.384. The van der Waals surface area contributed by atoms with E-state index >= 15 is 0 Å². The summed E-state index contributed by atoms with van der Waals surface area (Å²) in [5.74, 6) is -0.878. The summed E-state index contributed by atoms with van der Waals surface area (Å²) in [5, 5.41) is 14.2. The molecule has 0 bridgehead atoms.